The van der Waals surface area contributed by atoms with Crippen molar-refractivity contribution in [3.05, 3.63) is 53.6 Å². The third-order valence-electron chi connectivity index (χ3n) is 3.59. The second-order valence-electron chi connectivity index (χ2n) is 5.18. The average molecular weight is 341 g/mol. The van der Waals surface area contributed by atoms with Gasteiger partial charge in [0.1, 0.15) is 0 Å². The molecule has 2 heterocycles. The molecule has 0 aliphatic carbocycles. The number of carboxylic acid groups (broad SMARTS) is 1. The van der Waals surface area contributed by atoms with E-state index in [1.54, 1.807) is 29.0 Å². The maximum Gasteiger partial charge on any atom is 0.293 e. The molecule has 1 aromatic heterocycles. The molecule has 1 fully saturated rings. The lowest BCUT2D eigenvalue weighted by Crippen LogP contribution is -2.27. The number of carbonyl (C=O) groups is 3. The summed E-state index contributed by atoms with van der Waals surface area (Å²) in [7, 11) is 0. The molecule has 1 saturated heterocycles. The molecule has 0 N–H and O–H groups in total. The zero-order chi connectivity index (χ0) is 17.3. The summed E-state index contributed by atoms with van der Waals surface area (Å²) >= 11 is 0.861. The number of hydrogen-bond acceptors (Lipinski definition) is 5. The predicted octanol–water partition coefficient (Wildman–Crippen LogP) is 1.61. The molecule has 2 amide bonds. The molecule has 0 atom stereocenters. The van der Waals surface area contributed by atoms with Crippen molar-refractivity contribution in [1.82, 2.24) is 9.47 Å². The van der Waals surface area contributed by atoms with Crippen molar-refractivity contribution in [2.24, 2.45) is 0 Å². The minimum atomic E-state index is -1.20. The predicted molar refractivity (Wildman–Crippen MR) is 89.8 cm³/mol. The highest BCUT2D eigenvalue weighted by Crippen LogP contribution is 2.33. The molecule has 0 spiro atoms. The van der Waals surface area contributed by atoms with Gasteiger partial charge in [0.05, 0.1) is 17.4 Å². The molecule has 0 unspecified atom stereocenters. The van der Waals surface area contributed by atoms with Crippen molar-refractivity contribution in [2.45, 2.75) is 6.54 Å². The van der Waals surface area contributed by atoms with Gasteiger partial charge in [0, 0.05) is 29.2 Å². The number of fused-ring (bicyclic) bond motifs is 1. The lowest BCUT2D eigenvalue weighted by atomic mass is 10.1. The first-order valence-electron chi connectivity index (χ1n) is 7.15. The lowest BCUT2D eigenvalue weighted by Gasteiger charge is -2.07. The first-order chi connectivity index (χ1) is 11.5. The number of para-hydroxylation sites is 1. The van der Waals surface area contributed by atoms with E-state index in [0.29, 0.717) is 10.5 Å². The molecule has 1 aliphatic heterocycles. The summed E-state index contributed by atoms with van der Waals surface area (Å²) < 4.78 is 1.55. The van der Waals surface area contributed by atoms with Crippen LogP contribution < -0.4 is 5.11 Å². The van der Waals surface area contributed by atoms with E-state index < -0.39 is 5.97 Å². The molecule has 0 radical (unpaired) electrons. The standard InChI is InChI=1S/C17H14N2O4S/c1-2-7-19-16(22)14(24-17(19)23)8-11-9-18(10-15(20)21)13-6-4-3-5-12(11)13/h2-6,8-9H,1,7,10H2,(H,20,21)/p-1/b14-8+. The summed E-state index contributed by atoms with van der Waals surface area (Å²) in [5.41, 5.74) is 1.40. The molecule has 7 heteroatoms. The molecular weight excluding hydrogens is 328 g/mol. The van der Waals surface area contributed by atoms with Gasteiger partial charge in [-0.1, -0.05) is 24.3 Å². The molecular formula is C17H13N2O4S-. The van der Waals surface area contributed by atoms with E-state index in [1.807, 2.05) is 12.1 Å². The van der Waals surface area contributed by atoms with Crippen molar-refractivity contribution < 1.29 is 19.5 Å². The second kappa shape index (κ2) is 6.37. The zero-order valence-corrected chi connectivity index (χ0v) is 13.4. The van der Waals surface area contributed by atoms with E-state index in [-0.39, 0.29) is 24.2 Å². The first kappa shape index (κ1) is 16.1. The summed E-state index contributed by atoms with van der Waals surface area (Å²) in [6.07, 6.45) is 4.75. The van der Waals surface area contributed by atoms with Gasteiger partial charge in [0.15, 0.2) is 0 Å². The van der Waals surface area contributed by atoms with Crippen LogP contribution in [0, 0.1) is 0 Å². The van der Waals surface area contributed by atoms with E-state index in [0.717, 1.165) is 27.6 Å². The molecule has 6 nitrogen and oxygen atoms in total. The van der Waals surface area contributed by atoms with E-state index >= 15 is 0 Å². The van der Waals surface area contributed by atoms with Gasteiger partial charge in [-0.25, -0.2) is 0 Å². The van der Waals surface area contributed by atoms with Gasteiger partial charge >= 0.3 is 0 Å². The van der Waals surface area contributed by atoms with Crippen LogP contribution in [0.1, 0.15) is 5.56 Å². The third-order valence-corrected chi connectivity index (χ3v) is 4.50. The number of nitrogens with zero attached hydrogens (tertiary/aromatic N) is 2. The Morgan fingerprint density at radius 3 is 2.75 bits per heavy atom. The van der Waals surface area contributed by atoms with Crippen molar-refractivity contribution in [3.8, 4) is 0 Å². The van der Waals surface area contributed by atoms with Crippen LogP contribution in [0.4, 0.5) is 4.79 Å². The van der Waals surface area contributed by atoms with Crippen molar-refractivity contribution in [3.63, 3.8) is 0 Å². The van der Waals surface area contributed by atoms with Crippen LogP contribution in [-0.2, 0) is 16.1 Å². The number of rotatable bonds is 5. The van der Waals surface area contributed by atoms with Gasteiger partial charge in [-0.15, -0.1) is 6.58 Å². The minimum absolute atomic E-state index is 0.161. The Labute approximate surface area is 142 Å². The second-order valence-corrected chi connectivity index (χ2v) is 6.18. The summed E-state index contributed by atoms with van der Waals surface area (Å²) in [5.74, 6) is -1.57. The summed E-state index contributed by atoms with van der Waals surface area (Å²) in [6, 6.07) is 7.25. The maximum atomic E-state index is 12.3. The Hall–Kier alpha value is -2.80. The number of carbonyl (C=O) groups excluding carboxylic acids is 3. The number of thioether (sulfide) groups is 1. The SMILES string of the molecule is C=CCN1C(=O)S/C(=C/c2cn(CC(=O)[O-])c3ccccc23)C1=O. The Bertz CT molecular complexity index is 897. The Kier molecular flexibility index (Phi) is 4.26. The van der Waals surface area contributed by atoms with Crippen molar-refractivity contribution in [1.29, 1.82) is 0 Å². The van der Waals surface area contributed by atoms with Crippen LogP contribution in [0.25, 0.3) is 17.0 Å². The largest absolute Gasteiger partial charge is 0.548 e. The Morgan fingerprint density at radius 2 is 2.04 bits per heavy atom. The topological polar surface area (TPSA) is 82.4 Å². The quantitative estimate of drug-likeness (QED) is 0.609. The van der Waals surface area contributed by atoms with Crippen LogP contribution in [0.3, 0.4) is 0 Å². The Morgan fingerprint density at radius 1 is 1.29 bits per heavy atom. The smallest absolute Gasteiger partial charge is 0.293 e. The molecule has 0 bridgehead atoms. The summed E-state index contributed by atoms with van der Waals surface area (Å²) in [6.45, 7) is 3.41. The molecule has 2 aromatic rings. The van der Waals surface area contributed by atoms with E-state index in [4.69, 9.17) is 0 Å². The monoisotopic (exact) mass is 341 g/mol. The van der Waals surface area contributed by atoms with E-state index in [1.165, 1.54) is 6.08 Å². The van der Waals surface area contributed by atoms with E-state index in [9.17, 15) is 19.5 Å². The zero-order valence-electron chi connectivity index (χ0n) is 12.6. The highest BCUT2D eigenvalue weighted by atomic mass is 32.2. The highest BCUT2D eigenvalue weighted by Gasteiger charge is 2.34. The number of aromatic nitrogens is 1. The highest BCUT2D eigenvalue weighted by molar-refractivity contribution is 8.18. The van der Waals surface area contributed by atoms with Gasteiger partial charge in [0.25, 0.3) is 11.1 Å². The number of carboxylic acids is 1. The van der Waals surface area contributed by atoms with E-state index in [2.05, 4.69) is 6.58 Å². The van der Waals surface area contributed by atoms with Crippen LogP contribution in [-0.4, -0.2) is 33.1 Å². The van der Waals surface area contributed by atoms with Crippen molar-refractivity contribution in [2.75, 3.05) is 6.54 Å². The van der Waals surface area contributed by atoms with Gasteiger partial charge in [0.2, 0.25) is 0 Å². The molecule has 24 heavy (non-hydrogen) atoms. The number of aliphatic carboxylic acids is 1. The van der Waals surface area contributed by atoms with Crippen LogP contribution in [0.2, 0.25) is 0 Å². The van der Waals surface area contributed by atoms with Crippen LogP contribution >= 0.6 is 11.8 Å². The molecule has 122 valence electrons. The van der Waals surface area contributed by atoms with Gasteiger partial charge in [-0.2, -0.15) is 0 Å². The summed E-state index contributed by atoms with van der Waals surface area (Å²) in [5, 5.41) is 11.4. The number of imide groups is 1. The summed E-state index contributed by atoms with van der Waals surface area (Å²) in [4.78, 5) is 36.5. The third kappa shape index (κ3) is 2.85. The minimum Gasteiger partial charge on any atom is -0.548 e. The van der Waals surface area contributed by atoms with Crippen LogP contribution in [0.15, 0.2) is 48.0 Å². The fourth-order valence-corrected chi connectivity index (χ4v) is 3.43. The first-order valence-corrected chi connectivity index (χ1v) is 7.97. The average Bonchev–Trinajstić information content (AvgIpc) is 3.01. The molecule has 3 rings (SSSR count). The van der Waals surface area contributed by atoms with Gasteiger partial charge < -0.3 is 14.5 Å². The molecule has 0 saturated carbocycles. The fourth-order valence-electron chi connectivity index (χ4n) is 2.59. The van der Waals surface area contributed by atoms with Gasteiger partial charge in [-0.05, 0) is 23.9 Å². The normalized spacial score (nSPS) is 16.3. The molecule has 1 aliphatic rings. The Balaban J connectivity index is 2.04. The number of hydrogen-bond donors (Lipinski definition) is 0. The molecule has 1 aromatic carbocycles. The fraction of sp³-hybridized carbons (Fsp3) is 0.118. The maximum absolute atomic E-state index is 12.3. The van der Waals surface area contributed by atoms with Crippen molar-refractivity contribution >= 4 is 45.9 Å². The van der Waals surface area contributed by atoms with Crippen LogP contribution in [0.5, 0.6) is 0 Å². The number of amides is 2. The lowest BCUT2D eigenvalue weighted by molar-refractivity contribution is -0.306. The van der Waals surface area contributed by atoms with Gasteiger partial charge in [-0.3, -0.25) is 14.5 Å². The number of benzene rings is 1.